The van der Waals surface area contributed by atoms with E-state index in [1.807, 2.05) is 19.2 Å². The van der Waals surface area contributed by atoms with Crippen LogP contribution in [-0.2, 0) is 0 Å². The molecule has 0 spiro atoms. The molecule has 1 unspecified atom stereocenters. The van der Waals surface area contributed by atoms with E-state index in [1.54, 1.807) is 12.1 Å². The predicted molar refractivity (Wildman–Crippen MR) is 74.5 cm³/mol. The van der Waals surface area contributed by atoms with Gasteiger partial charge in [0.05, 0.1) is 5.69 Å². The normalized spacial score (nSPS) is 23.1. The molecule has 100 valence electrons. The van der Waals surface area contributed by atoms with Crippen LogP contribution in [0.25, 0.3) is 0 Å². The first kappa shape index (κ1) is 13.3. The van der Waals surface area contributed by atoms with Crippen molar-refractivity contribution in [3.05, 3.63) is 30.1 Å². The third-order valence-corrected chi connectivity index (χ3v) is 3.97. The van der Waals surface area contributed by atoms with Gasteiger partial charge in [0.2, 0.25) is 0 Å². The fourth-order valence-corrected chi connectivity index (χ4v) is 2.84. The van der Waals surface area contributed by atoms with Gasteiger partial charge in [0.1, 0.15) is 5.82 Å². The van der Waals surface area contributed by atoms with Crippen LogP contribution in [0.4, 0.5) is 10.1 Å². The van der Waals surface area contributed by atoms with Crippen LogP contribution in [0, 0.1) is 11.7 Å². The SMILES string of the molecule is CNCC1CCC(C)(C)N(c2ccccc2F)C1. The van der Waals surface area contributed by atoms with Crippen molar-refractivity contribution >= 4 is 5.69 Å². The lowest BCUT2D eigenvalue weighted by Gasteiger charge is -2.47. The van der Waals surface area contributed by atoms with Crippen molar-refractivity contribution in [2.45, 2.75) is 32.2 Å². The molecule has 0 aliphatic carbocycles. The first-order valence-electron chi connectivity index (χ1n) is 6.71. The number of nitrogens with one attached hydrogen (secondary N) is 1. The van der Waals surface area contributed by atoms with Crippen LogP contribution in [-0.4, -0.2) is 25.7 Å². The Hall–Kier alpha value is -1.09. The van der Waals surface area contributed by atoms with Crippen molar-refractivity contribution in [3.8, 4) is 0 Å². The highest BCUT2D eigenvalue weighted by Crippen LogP contribution is 2.35. The molecule has 0 radical (unpaired) electrons. The molecule has 1 N–H and O–H groups in total. The highest BCUT2D eigenvalue weighted by atomic mass is 19.1. The molecular weight excluding hydrogens is 227 g/mol. The third kappa shape index (κ3) is 2.66. The van der Waals surface area contributed by atoms with E-state index < -0.39 is 0 Å². The molecule has 3 heteroatoms. The average molecular weight is 250 g/mol. The number of hydrogen-bond donors (Lipinski definition) is 1. The molecular formula is C15H23FN2. The van der Waals surface area contributed by atoms with E-state index in [2.05, 4.69) is 24.1 Å². The summed E-state index contributed by atoms with van der Waals surface area (Å²) in [5.41, 5.74) is 0.773. The minimum atomic E-state index is -0.115. The fourth-order valence-electron chi connectivity index (χ4n) is 2.84. The van der Waals surface area contributed by atoms with E-state index in [-0.39, 0.29) is 11.4 Å². The number of nitrogens with zero attached hydrogens (tertiary/aromatic N) is 1. The number of benzene rings is 1. The number of halogens is 1. The number of para-hydroxylation sites is 1. The van der Waals surface area contributed by atoms with Crippen molar-refractivity contribution in [2.24, 2.45) is 5.92 Å². The van der Waals surface area contributed by atoms with Crippen LogP contribution in [0.1, 0.15) is 26.7 Å². The molecule has 1 atom stereocenters. The molecule has 1 fully saturated rings. The van der Waals surface area contributed by atoms with Crippen LogP contribution in [0.2, 0.25) is 0 Å². The van der Waals surface area contributed by atoms with E-state index in [0.29, 0.717) is 5.92 Å². The van der Waals surface area contributed by atoms with Gasteiger partial charge >= 0.3 is 0 Å². The van der Waals surface area contributed by atoms with E-state index in [4.69, 9.17) is 0 Å². The lowest BCUT2D eigenvalue weighted by molar-refractivity contribution is 0.284. The highest BCUT2D eigenvalue weighted by molar-refractivity contribution is 5.50. The zero-order valence-corrected chi connectivity index (χ0v) is 11.5. The Labute approximate surface area is 109 Å². The third-order valence-electron chi connectivity index (χ3n) is 3.97. The van der Waals surface area contributed by atoms with Crippen LogP contribution in [0.15, 0.2) is 24.3 Å². The predicted octanol–water partition coefficient (Wildman–Crippen LogP) is 3.04. The van der Waals surface area contributed by atoms with Gasteiger partial charge < -0.3 is 10.2 Å². The molecule has 1 aromatic rings. The van der Waals surface area contributed by atoms with Gasteiger partial charge in [-0.2, -0.15) is 0 Å². The zero-order valence-electron chi connectivity index (χ0n) is 11.5. The standard InChI is InChI=1S/C15H23FN2/c1-15(2)9-8-12(10-17-3)11-18(15)14-7-5-4-6-13(14)16/h4-7,12,17H,8-11H2,1-3H3. The Morgan fingerprint density at radius 3 is 2.78 bits per heavy atom. The number of anilines is 1. The Bertz CT molecular complexity index is 403. The molecule has 0 saturated carbocycles. The molecule has 1 aromatic carbocycles. The summed E-state index contributed by atoms with van der Waals surface area (Å²) in [6.07, 6.45) is 2.31. The second-order valence-electron chi connectivity index (χ2n) is 5.84. The van der Waals surface area contributed by atoms with Gasteiger partial charge in [0.15, 0.2) is 0 Å². The number of rotatable bonds is 3. The average Bonchev–Trinajstić information content (AvgIpc) is 2.33. The molecule has 0 bridgehead atoms. The van der Waals surface area contributed by atoms with E-state index in [1.165, 1.54) is 6.42 Å². The van der Waals surface area contributed by atoms with Gasteiger partial charge in [0.25, 0.3) is 0 Å². The van der Waals surface area contributed by atoms with Gasteiger partial charge in [-0.1, -0.05) is 12.1 Å². The number of hydrogen-bond acceptors (Lipinski definition) is 2. The van der Waals surface area contributed by atoms with E-state index >= 15 is 0 Å². The zero-order chi connectivity index (χ0) is 13.2. The molecule has 2 rings (SSSR count). The molecule has 1 aliphatic heterocycles. The Balaban J connectivity index is 2.24. The smallest absolute Gasteiger partial charge is 0.146 e. The largest absolute Gasteiger partial charge is 0.364 e. The molecule has 2 nitrogen and oxygen atoms in total. The van der Waals surface area contributed by atoms with Gasteiger partial charge in [-0.15, -0.1) is 0 Å². The number of piperidine rings is 1. The van der Waals surface area contributed by atoms with Gasteiger partial charge in [0, 0.05) is 12.1 Å². The minimum absolute atomic E-state index is 0.0342. The van der Waals surface area contributed by atoms with Crippen LogP contribution in [0.5, 0.6) is 0 Å². The van der Waals surface area contributed by atoms with Crippen molar-refractivity contribution in [2.75, 3.05) is 25.0 Å². The van der Waals surface area contributed by atoms with Gasteiger partial charge in [-0.3, -0.25) is 0 Å². The summed E-state index contributed by atoms with van der Waals surface area (Å²) >= 11 is 0. The van der Waals surface area contributed by atoms with Crippen LogP contribution >= 0.6 is 0 Å². The molecule has 1 heterocycles. The summed E-state index contributed by atoms with van der Waals surface area (Å²) in [4.78, 5) is 2.23. The summed E-state index contributed by atoms with van der Waals surface area (Å²) in [5, 5.41) is 3.23. The Morgan fingerprint density at radius 2 is 2.11 bits per heavy atom. The van der Waals surface area contributed by atoms with Crippen molar-refractivity contribution in [1.82, 2.24) is 5.32 Å². The van der Waals surface area contributed by atoms with E-state index in [9.17, 15) is 4.39 Å². The summed E-state index contributed by atoms with van der Waals surface area (Å²) in [6, 6.07) is 7.10. The van der Waals surface area contributed by atoms with Gasteiger partial charge in [-0.05, 0) is 58.3 Å². The second-order valence-corrected chi connectivity index (χ2v) is 5.84. The topological polar surface area (TPSA) is 15.3 Å². The minimum Gasteiger partial charge on any atom is -0.364 e. The van der Waals surface area contributed by atoms with E-state index in [0.717, 1.165) is 25.2 Å². The molecule has 18 heavy (non-hydrogen) atoms. The molecule has 0 amide bonds. The second kappa shape index (κ2) is 5.27. The maximum Gasteiger partial charge on any atom is 0.146 e. The van der Waals surface area contributed by atoms with Crippen molar-refractivity contribution in [1.29, 1.82) is 0 Å². The Morgan fingerprint density at radius 1 is 1.39 bits per heavy atom. The summed E-state index contributed by atoms with van der Waals surface area (Å²) in [6.45, 7) is 6.33. The van der Waals surface area contributed by atoms with Gasteiger partial charge in [-0.25, -0.2) is 4.39 Å². The monoisotopic (exact) mass is 250 g/mol. The summed E-state index contributed by atoms with van der Waals surface area (Å²) in [5.74, 6) is 0.485. The lowest BCUT2D eigenvalue weighted by atomic mass is 9.84. The maximum absolute atomic E-state index is 14.0. The summed E-state index contributed by atoms with van der Waals surface area (Å²) < 4.78 is 14.0. The van der Waals surface area contributed by atoms with Crippen molar-refractivity contribution < 1.29 is 4.39 Å². The lowest BCUT2D eigenvalue weighted by Crippen LogP contribution is -2.52. The fraction of sp³-hybridized carbons (Fsp3) is 0.600. The van der Waals surface area contributed by atoms with Crippen molar-refractivity contribution in [3.63, 3.8) is 0 Å². The van der Waals surface area contributed by atoms with Crippen LogP contribution < -0.4 is 10.2 Å². The summed E-state index contributed by atoms with van der Waals surface area (Å²) in [7, 11) is 1.98. The Kier molecular flexibility index (Phi) is 3.91. The maximum atomic E-state index is 14.0. The molecule has 0 aromatic heterocycles. The first-order valence-corrected chi connectivity index (χ1v) is 6.71. The first-order chi connectivity index (χ1) is 8.54. The van der Waals surface area contributed by atoms with Crippen LogP contribution in [0.3, 0.4) is 0 Å². The quantitative estimate of drug-likeness (QED) is 0.887. The highest BCUT2D eigenvalue weighted by Gasteiger charge is 2.35. The molecule has 1 saturated heterocycles. The molecule has 1 aliphatic rings.